The normalized spacial score (nSPS) is 9.35. The Morgan fingerprint density at radius 2 is 2.06 bits per heavy atom. The molecule has 0 aromatic heterocycles. The third-order valence-corrected chi connectivity index (χ3v) is 2.09. The molecule has 0 aliphatic heterocycles. The summed E-state index contributed by atoms with van der Waals surface area (Å²) in [5.74, 6) is -0.294. The number of unbranched alkanes of at least 4 members (excludes halogenated alkanes) is 1. The topological polar surface area (TPSA) is 96.0 Å². The Balaban J connectivity index is 2.52. The van der Waals surface area contributed by atoms with E-state index in [1.165, 1.54) is 24.3 Å². The second-order valence-electron chi connectivity index (χ2n) is 3.32. The molecule has 17 heavy (non-hydrogen) atoms. The molecule has 6 heteroatoms. The van der Waals surface area contributed by atoms with E-state index in [1.807, 2.05) is 6.07 Å². The van der Waals surface area contributed by atoms with Crippen LogP contribution in [0.3, 0.4) is 0 Å². The van der Waals surface area contributed by atoms with Gasteiger partial charge in [0.2, 0.25) is 0 Å². The van der Waals surface area contributed by atoms with Crippen LogP contribution in [-0.2, 0) is 0 Å². The highest BCUT2D eigenvalue weighted by Gasteiger charge is 2.08. The SMILES string of the molecule is N#CCCCNC(=O)c1ccc([N+](=O)[O-])cc1. The first-order chi connectivity index (χ1) is 8.15. The van der Waals surface area contributed by atoms with Crippen LogP contribution in [-0.4, -0.2) is 17.4 Å². The summed E-state index contributed by atoms with van der Waals surface area (Å²) < 4.78 is 0. The molecule has 0 spiro atoms. The van der Waals surface area contributed by atoms with Crippen molar-refractivity contribution in [2.24, 2.45) is 0 Å². The standard InChI is InChI=1S/C11H11N3O3/c12-7-1-2-8-13-11(15)9-3-5-10(6-4-9)14(16)17/h3-6H,1-2,8H2,(H,13,15). The molecule has 6 nitrogen and oxygen atoms in total. The fourth-order valence-corrected chi connectivity index (χ4v) is 1.21. The molecule has 0 saturated carbocycles. The predicted molar refractivity (Wildman–Crippen MR) is 60.3 cm³/mol. The van der Waals surface area contributed by atoms with Crippen LogP contribution in [0.1, 0.15) is 23.2 Å². The molecule has 0 radical (unpaired) electrons. The van der Waals surface area contributed by atoms with Gasteiger partial charge in [0.05, 0.1) is 11.0 Å². The fraction of sp³-hybridized carbons (Fsp3) is 0.273. The maximum Gasteiger partial charge on any atom is 0.269 e. The molecule has 1 amide bonds. The largest absolute Gasteiger partial charge is 0.352 e. The van der Waals surface area contributed by atoms with Gasteiger partial charge in [0.15, 0.2) is 0 Å². The van der Waals surface area contributed by atoms with E-state index in [4.69, 9.17) is 5.26 Å². The molecule has 0 fully saturated rings. The Bertz CT molecular complexity index is 448. The average Bonchev–Trinajstić information content (AvgIpc) is 2.34. The Morgan fingerprint density at radius 1 is 1.41 bits per heavy atom. The van der Waals surface area contributed by atoms with E-state index in [9.17, 15) is 14.9 Å². The van der Waals surface area contributed by atoms with E-state index in [0.29, 0.717) is 24.9 Å². The van der Waals surface area contributed by atoms with E-state index in [-0.39, 0.29) is 11.6 Å². The van der Waals surface area contributed by atoms with Gasteiger partial charge in [0.25, 0.3) is 11.6 Å². The number of amides is 1. The average molecular weight is 233 g/mol. The molecule has 1 rings (SSSR count). The zero-order valence-electron chi connectivity index (χ0n) is 9.05. The first kappa shape index (κ1) is 12.6. The van der Waals surface area contributed by atoms with Crippen LogP contribution in [0.4, 0.5) is 5.69 Å². The molecule has 88 valence electrons. The van der Waals surface area contributed by atoms with Gasteiger partial charge in [-0.3, -0.25) is 14.9 Å². The van der Waals surface area contributed by atoms with Crippen molar-refractivity contribution in [2.75, 3.05) is 6.54 Å². The number of carbonyl (C=O) groups excluding carboxylic acids is 1. The Kier molecular flexibility index (Phi) is 4.63. The molecular weight excluding hydrogens is 222 g/mol. The van der Waals surface area contributed by atoms with E-state index in [2.05, 4.69) is 5.32 Å². The molecule has 0 aliphatic rings. The number of nitrogens with one attached hydrogen (secondary N) is 1. The molecule has 0 unspecified atom stereocenters. The number of hydrogen-bond donors (Lipinski definition) is 1. The molecule has 1 aromatic carbocycles. The van der Waals surface area contributed by atoms with Gasteiger partial charge in [-0.15, -0.1) is 0 Å². The summed E-state index contributed by atoms with van der Waals surface area (Å²) in [7, 11) is 0. The van der Waals surface area contributed by atoms with E-state index >= 15 is 0 Å². The van der Waals surface area contributed by atoms with Crippen molar-refractivity contribution in [1.29, 1.82) is 5.26 Å². The monoisotopic (exact) mass is 233 g/mol. The Morgan fingerprint density at radius 3 is 2.59 bits per heavy atom. The highest BCUT2D eigenvalue weighted by molar-refractivity contribution is 5.94. The zero-order valence-corrected chi connectivity index (χ0v) is 9.05. The van der Waals surface area contributed by atoms with Crippen molar-refractivity contribution >= 4 is 11.6 Å². The van der Waals surface area contributed by atoms with E-state index < -0.39 is 4.92 Å². The quantitative estimate of drug-likeness (QED) is 0.475. The number of carbonyl (C=O) groups is 1. The van der Waals surface area contributed by atoms with Crippen LogP contribution in [0.2, 0.25) is 0 Å². The van der Waals surface area contributed by atoms with Gasteiger partial charge in [-0.05, 0) is 18.6 Å². The van der Waals surface area contributed by atoms with Gasteiger partial charge in [-0.2, -0.15) is 5.26 Å². The molecular formula is C11H11N3O3. The minimum Gasteiger partial charge on any atom is -0.352 e. The van der Waals surface area contributed by atoms with Crippen molar-refractivity contribution in [3.63, 3.8) is 0 Å². The Hall–Kier alpha value is -2.42. The van der Waals surface area contributed by atoms with Gasteiger partial charge in [-0.25, -0.2) is 0 Å². The number of non-ortho nitro benzene ring substituents is 1. The molecule has 1 aromatic rings. The van der Waals surface area contributed by atoms with Crippen molar-refractivity contribution in [3.8, 4) is 6.07 Å². The number of benzene rings is 1. The number of nitrogens with zero attached hydrogens (tertiary/aromatic N) is 2. The minimum absolute atomic E-state index is 0.0500. The maximum absolute atomic E-state index is 11.5. The van der Waals surface area contributed by atoms with Crippen LogP contribution >= 0.6 is 0 Å². The molecule has 1 N–H and O–H groups in total. The fourth-order valence-electron chi connectivity index (χ4n) is 1.21. The second kappa shape index (κ2) is 6.23. The van der Waals surface area contributed by atoms with Crippen molar-refractivity contribution < 1.29 is 9.72 Å². The van der Waals surface area contributed by atoms with Crippen molar-refractivity contribution in [1.82, 2.24) is 5.32 Å². The lowest BCUT2D eigenvalue weighted by atomic mass is 10.2. The highest BCUT2D eigenvalue weighted by Crippen LogP contribution is 2.11. The van der Waals surface area contributed by atoms with Crippen molar-refractivity contribution in [2.45, 2.75) is 12.8 Å². The van der Waals surface area contributed by atoms with Gasteiger partial charge >= 0.3 is 0 Å². The smallest absolute Gasteiger partial charge is 0.269 e. The Labute approximate surface area is 98.0 Å². The minimum atomic E-state index is -0.519. The van der Waals surface area contributed by atoms with Crippen LogP contribution in [0.25, 0.3) is 0 Å². The van der Waals surface area contributed by atoms with E-state index in [0.717, 1.165) is 0 Å². The van der Waals surface area contributed by atoms with Crippen LogP contribution in [0, 0.1) is 21.4 Å². The molecule has 0 aliphatic carbocycles. The molecule has 0 bridgehead atoms. The van der Waals surface area contributed by atoms with Crippen LogP contribution in [0.15, 0.2) is 24.3 Å². The predicted octanol–water partition coefficient (Wildman–Crippen LogP) is 1.63. The summed E-state index contributed by atoms with van der Waals surface area (Å²) in [4.78, 5) is 21.4. The summed E-state index contributed by atoms with van der Waals surface area (Å²) in [6, 6.07) is 7.34. The highest BCUT2D eigenvalue weighted by atomic mass is 16.6. The lowest BCUT2D eigenvalue weighted by Crippen LogP contribution is -2.24. The van der Waals surface area contributed by atoms with Crippen LogP contribution in [0.5, 0.6) is 0 Å². The summed E-state index contributed by atoms with van der Waals surface area (Å²) in [5.41, 5.74) is 0.318. The summed E-state index contributed by atoms with van der Waals surface area (Å²) >= 11 is 0. The maximum atomic E-state index is 11.5. The van der Waals surface area contributed by atoms with Crippen molar-refractivity contribution in [3.05, 3.63) is 39.9 Å². The number of rotatable bonds is 5. The van der Waals surface area contributed by atoms with Gasteiger partial charge in [0, 0.05) is 30.7 Å². The number of hydrogen-bond acceptors (Lipinski definition) is 4. The lowest BCUT2D eigenvalue weighted by Gasteiger charge is -2.03. The van der Waals surface area contributed by atoms with E-state index in [1.54, 1.807) is 0 Å². The third-order valence-electron chi connectivity index (χ3n) is 2.09. The van der Waals surface area contributed by atoms with Gasteiger partial charge in [-0.1, -0.05) is 0 Å². The summed E-state index contributed by atoms with van der Waals surface area (Å²) in [5, 5.41) is 21.3. The van der Waals surface area contributed by atoms with Gasteiger partial charge < -0.3 is 5.32 Å². The molecule has 0 heterocycles. The third kappa shape index (κ3) is 3.91. The summed E-state index contributed by atoms with van der Waals surface area (Å²) in [6.07, 6.45) is 0.982. The first-order valence-electron chi connectivity index (χ1n) is 5.04. The number of nitriles is 1. The van der Waals surface area contributed by atoms with Gasteiger partial charge in [0.1, 0.15) is 0 Å². The number of nitro groups is 1. The zero-order chi connectivity index (χ0) is 12.7. The number of nitro benzene ring substituents is 1. The lowest BCUT2D eigenvalue weighted by molar-refractivity contribution is -0.384. The van der Waals surface area contributed by atoms with Crippen LogP contribution < -0.4 is 5.32 Å². The molecule has 0 atom stereocenters. The second-order valence-corrected chi connectivity index (χ2v) is 3.32. The first-order valence-corrected chi connectivity index (χ1v) is 5.04. The molecule has 0 saturated heterocycles. The summed E-state index contributed by atoms with van der Waals surface area (Å²) in [6.45, 7) is 0.420.